The quantitative estimate of drug-likeness (QED) is 0.760. The predicted molar refractivity (Wildman–Crippen MR) is 67.4 cm³/mol. The fraction of sp³-hybridized carbons (Fsp3) is 0.417. The monoisotopic (exact) mass is 266 g/mol. The average molecular weight is 267 g/mol. The first-order chi connectivity index (χ1) is 7.13. The number of alkyl halides is 1. The van der Waals surface area contributed by atoms with E-state index < -0.39 is 0 Å². The summed E-state index contributed by atoms with van der Waals surface area (Å²) in [6, 6.07) is 6.50. The van der Waals surface area contributed by atoms with Crippen molar-refractivity contribution in [2.75, 3.05) is 0 Å². The van der Waals surface area contributed by atoms with Crippen LogP contribution in [0, 0.1) is 0 Å². The molecule has 1 aromatic carbocycles. The van der Waals surface area contributed by atoms with Crippen molar-refractivity contribution >= 4 is 27.0 Å². The Morgan fingerprint density at radius 3 is 2.80 bits per heavy atom. The molecule has 3 heteroatoms. The molecule has 1 aromatic heterocycles. The van der Waals surface area contributed by atoms with E-state index in [0.717, 1.165) is 17.8 Å². The summed E-state index contributed by atoms with van der Waals surface area (Å²) in [6.07, 6.45) is 1.06. The van der Waals surface area contributed by atoms with Gasteiger partial charge in [0.2, 0.25) is 0 Å². The summed E-state index contributed by atoms with van der Waals surface area (Å²) in [4.78, 5) is 4.93. The fourth-order valence-corrected chi connectivity index (χ4v) is 2.25. The molecule has 2 nitrogen and oxygen atoms in total. The lowest BCUT2D eigenvalue weighted by molar-refractivity contribution is 0.824. The van der Waals surface area contributed by atoms with Gasteiger partial charge in [0, 0.05) is 7.05 Å². The average Bonchev–Trinajstić information content (AvgIpc) is 2.55. The minimum absolute atomic E-state index is 0.292. The highest BCUT2D eigenvalue weighted by atomic mass is 79.9. The first-order valence-corrected chi connectivity index (χ1v) is 6.14. The molecular formula is C12H15BrN2. The molecule has 0 aliphatic rings. The van der Waals surface area contributed by atoms with E-state index in [-0.39, 0.29) is 0 Å². The molecule has 0 aliphatic heterocycles. The normalized spacial score (nSPS) is 13.3. The Labute approximate surface area is 98.4 Å². The van der Waals surface area contributed by atoms with E-state index >= 15 is 0 Å². The number of halogens is 1. The number of hydrogen-bond donors (Lipinski definition) is 0. The van der Waals surface area contributed by atoms with E-state index in [0.29, 0.717) is 4.83 Å². The molecule has 2 aromatic rings. The lowest BCUT2D eigenvalue weighted by Crippen LogP contribution is -1.97. The van der Waals surface area contributed by atoms with E-state index in [1.807, 2.05) is 0 Å². The number of aromatic nitrogens is 2. The minimum Gasteiger partial charge on any atom is -0.330 e. The predicted octanol–water partition coefficient (Wildman–Crippen LogP) is 3.59. The summed E-state index contributed by atoms with van der Waals surface area (Å²) in [7, 11) is 2.06. The second kappa shape index (κ2) is 3.97. The van der Waals surface area contributed by atoms with Gasteiger partial charge in [-0.2, -0.15) is 0 Å². The van der Waals surface area contributed by atoms with E-state index in [9.17, 15) is 0 Å². The minimum atomic E-state index is 0.292. The van der Waals surface area contributed by atoms with Gasteiger partial charge in [-0.1, -0.05) is 28.9 Å². The molecule has 1 heterocycles. The molecule has 1 unspecified atom stereocenters. The molecular weight excluding hydrogens is 252 g/mol. The summed E-state index contributed by atoms with van der Waals surface area (Å²) in [5, 5.41) is 0. The number of hydrogen-bond acceptors (Lipinski definition) is 1. The van der Waals surface area contributed by atoms with Crippen LogP contribution in [0.3, 0.4) is 0 Å². The number of rotatable bonds is 2. The maximum atomic E-state index is 4.64. The number of fused-ring (bicyclic) bond motifs is 1. The van der Waals surface area contributed by atoms with Crippen LogP contribution in [0.5, 0.6) is 0 Å². The van der Waals surface area contributed by atoms with E-state index in [2.05, 4.69) is 64.6 Å². The molecule has 0 fully saturated rings. The Hall–Kier alpha value is -0.830. The van der Waals surface area contributed by atoms with Gasteiger partial charge >= 0.3 is 0 Å². The highest BCUT2D eigenvalue weighted by Crippen LogP contribution is 2.25. The first-order valence-electron chi connectivity index (χ1n) is 5.22. The third-order valence-electron chi connectivity index (χ3n) is 2.74. The number of nitrogens with zero attached hydrogens (tertiary/aromatic N) is 2. The molecule has 15 heavy (non-hydrogen) atoms. The van der Waals surface area contributed by atoms with Crippen LogP contribution in [0.1, 0.15) is 30.1 Å². The fourth-order valence-electron chi connectivity index (χ4n) is 1.84. The lowest BCUT2D eigenvalue weighted by atomic mass is 10.1. The first kappa shape index (κ1) is 10.7. The molecule has 2 rings (SSSR count). The molecule has 0 saturated carbocycles. The van der Waals surface area contributed by atoms with E-state index in [1.54, 1.807) is 0 Å². The maximum absolute atomic E-state index is 4.64. The van der Waals surface area contributed by atoms with Gasteiger partial charge < -0.3 is 4.57 Å². The number of aryl methyl sites for hydroxylation is 2. The second-order valence-electron chi connectivity index (χ2n) is 3.82. The standard InChI is InChI=1S/C12H15BrN2/c1-4-9-5-6-11-10(7-9)14-12(8(2)13)15(11)3/h5-8H,4H2,1-3H3. The van der Waals surface area contributed by atoms with Gasteiger partial charge in [0.1, 0.15) is 5.82 Å². The van der Waals surface area contributed by atoms with Crippen molar-refractivity contribution in [1.29, 1.82) is 0 Å². The van der Waals surface area contributed by atoms with Gasteiger partial charge in [-0.3, -0.25) is 0 Å². The molecule has 0 aliphatic carbocycles. The van der Waals surface area contributed by atoms with Gasteiger partial charge in [-0.25, -0.2) is 4.98 Å². The van der Waals surface area contributed by atoms with Gasteiger partial charge in [-0.05, 0) is 31.0 Å². The van der Waals surface area contributed by atoms with Crippen molar-refractivity contribution in [2.24, 2.45) is 7.05 Å². The smallest absolute Gasteiger partial charge is 0.123 e. The maximum Gasteiger partial charge on any atom is 0.123 e. The zero-order valence-electron chi connectivity index (χ0n) is 9.29. The van der Waals surface area contributed by atoms with Crippen LogP contribution in [0.25, 0.3) is 11.0 Å². The van der Waals surface area contributed by atoms with Gasteiger partial charge in [-0.15, -0.1) is 0 Å². The van der Waals surface area contributed by atoms with Crippen molar-refractivity contribution in [2.45, 2.75) is 25.1 Å². The highest BCUT2D eigenvalue weighted by Gasteiger charge is 2.11. The Bertz CT molecular complexity index is 486. The Morgan fingerprint density at radius 1 is 1.47 bits per heavy atom. The van der Waals surface area contributed by atoms with Crippen LogP contribution < -0.4 is 0 Å². The van der Waals surface area contributed by atoms with Crippen molar-refractivity contribution in [3.63, 3.8) is 0 Å². The van der Waals surface area contributed by atoms with Crippen molar-refractivity contribution in [3.05, 3.63) is 29.6 Å². The molecule has 0 spiro atoms. The van der Waals surface area contributed by atoms with Crippen LogP contribution in [0.4, 0.5) is 0 Å². The Balaban J connectivity index is 2.65. The van der Waals surface area contributed by atoms with Crippen LogP contribution >= 0.6 is 15.9 Å². The third kappa shape index (κ3) is 1.81. The zero-order valence-corrected chi connectivity index (χ0v) is 10.9. The summed E-state index contributed by atoms with van der Waals surface area (Å²) < 4.78 is 2.15. The Kier molecular flexibility index (Phi) is 2.83. The van der Waals surface area contributed by atoms with Crippen molar-refractivity contribution < 1.29 is 0 Å². The lowest BCUT2D eigenvalue weighted by Gasteiger charge is -2.03. The topological polar surface area (TPSA) is 17.8 Å². The molecule has 1 atom stereocenters. The van der Waals surface area contributed by atoms with E-state index in [4.69, 9.17) is 0 Å². The summed E-state index contributed by atoms with van der Waals surface area (Å²) >= 11 is 3.56. The molecule has 0 saturated heterocycles. The third-order valence-corrected chi connectivity index (χ3v) is 3.15. The SMILES string of the molecule is CCc1ccc2c(c1)nc(C(C)Br)n2C. The highest BCUT2D eigenvalue weighted by molar-refractivity contribution is 9.09. The van der Waals surface area contributed by atoms with Crippen LogP contribution in [0.15, 0.2) is 18.2 Å². The molecule has 0 amide bonds. The number of imidazole rings is 1. The van der Waals surface area contributed by atoms with Crippen LogP contribution in [0.2, 0.25) is 0 Å². The zero-order chi connectivity index (χ0) is 11.0. The molecule has 80 valence electrons. The summed E-state index contributed by atoms with van der Waals surface area (Å²) in [5.74, 6) is 1.08. The largest absolute Gasteiger partial charge is 0.330 e. The van der Waals surface area contributed by atoms with Gasteiger partial charge in [0.05, 0.1) is 15.9 Å². The van der Waals surface area contributed by atoms with Crippen molar-refractivity contribution in [1.82, 2.24) is 9.55 Å². The van der Waals surface area contributed by atoms with Crippen molar-refractivity contribution in [3.8, 4) is 0 Å². The molecule has 0 radical (unpaired) electrons. The molecule has 0 bridgehead atoms. The van der Waals surface area contributed by atoms with E-state index in [1.165, 1.54) is 11.1 Å². The summed E-state index contributed by atoms with van der Waals surface area (Å²) in [6.45, 7) is 4.26. The van der Waals surface area contributed by atoms with Gasteiger partial charge in [0.25, 0.3) is 0 Å². The van der Waals surface area contributed by atoms with Gasteiger partial charge in [0.15, 0.2) is 0 Å². The second-order valence-corrected chi connectivity index (χ2v) is 5.20. The Morgan fingerprint density at radius 2 is 2.20 bits per heavy atom. The molecule has 0 N–H and O–H groups in total. The van der Waals surface area contributed by atoms with Crippen LogP contribution in [-0.4, -0.2) is 9.55 Å². The number of benzene rings is 1. The summed E-state index contributed by atoms with van der Waals surface area (Å²) in [5.41, 5.74) is 3.64. The van der Waals surface area contributed by atoms with Crippen LogP contribution in [-0.2, 0) is 13.5 Å².